The maximum Gasteiger partial charge on any atom is 0.302 e. The number of esters is 1. The lowest BCUT2D eigenvalue weighted by molar-refractivity contribution is -0.171. The number of Topliss-reactive ketones (excluding diaryl/α,β-unsaturated/α-hetero) is 1. The summed E-state index contributed by atoms with van der Waals surface area (Å²) in [6.45, 7) is 1.85. The Kier molecular flexibility index (Phi) is 5.86. The minimum atomic E-state index is -0.981. The van der Waals surface area contributed by atoms with Gasteiger partial charge >= 0.3 is 5.97 Å². The molecule has 0 radical (unpaired) electrons. The van der Waals surface area contributed by atoms with E-state index >= 15 is 0 Å². The Balaban J connectivity index is 1.50. The highest BCUT2D eigenvalue weighted by molar-refractivity contribution is 6.38. The minimum Gasteiger partial charge on any atom is -0.497 e. The lowest BCUT2D eigenvalue weighted by Gasteiger charge is -2.55. The highest BCUT2D eigenvalue weighted by Gasteiger charge is 2.56. The number of rotatable bonds is 5. The number of piperidine rings is 1. The van der Waals surface area contributed by atoms with Crippen molar-refractivity contribution in [2.24, 2.45) is 5.41 Å². The van der Waals surface area contributed by atoms with Crippen LogP contribution in [0.1, 0.15) is 69.0 Å². The summed E-state index contributed by atoms with van der Waals surface area (Å²) in [4.78, 5) is 56.1. The topological polar surface area (TPSA) is 93.2 Å². The SMILES string of the molecule is COc1ccc2c(c1)C1C3CCCC(C(=O)N1CC2)N3C(=O)C(=O)C1(COC(C)=O)CCCC1. The fourth-order valence-electron chi connectivity index (χ4n) is 6.55. The summed E-state index contributed by atoms with van der Waals surface area (Å²) < 4.78 is 10.7. The summed E-state index contributed by atoms with van der Waals surface area (Å²) in [5, 5.41) is 0. The fourth-order valence-corrected chi connectivity index (χ4v) is 6.55. The Morgan fingerprint density at radius 2 is 1.88 bits per heavy atom. The number of ether oxygens (including phenoxy) is 2. The zero-order chi connectivity index (χ0) is 24.0. The van der Waals surface area contributed by atoms with Crippen LogP contribution in [0.4, 0.5) is 0 Å². The molecule has 2 amide bonds. The van der Waals surface area contributed by atoms with Crippen LogP contribution in [0.5, 0.6) is 5.75 Å². The normalized spacial score (nSPS) is 27.0. The lowest BCUT2D eigenvalue weighted by atomic mass is 9.76. The first-order chi connectivity index (χ1) is 16.4. The van der Waals surface area contributed by atoms with Crippen molar-refractivity contribution in [3.05, 3.63) is 29.3 Å². The van der Waals surface area contributed by atoms with Gasteiger partial charge in [0.1, 0.15) is 18.4 Å². The smallest absolute Gasteiger partial charge is 0.302 e. The molecule has 3 unspecified atom stereocenters. The van der Waals surface area contributed by atoms with Gasteiger partial charge in [-0.3, -0.25) is 19.2 Å². The molecule has 1 saturated carbocycles. The Morgan fingerprint density at radius 3 is 2.59 bits per heavy atom. The van der Waals surface area contributed by atoms with Crippen LogP contribution in [0, 0.1) is 5.41 Å². The highest BCUT2D eigenvalue weighted by atomic mass is 16.5. The number of amides is 2. The number of piperazine rings is 1. The van der Waals surface area contributed by atoms with E-state index < -0.39 is 29.1 Å². The van der Waals surface area contributed by atoms with Crippen LogP contribution in [-0.4, -0.2) is 65.7 Å². The predicted octanol–water partition coefficient (Wildman–Crippen LogP) is 2.58. The van der Waals surface area contributed by atoms with Gasteiger partial charge in [0.25, 0.3) is 5.91 Å². The first-order valence-electron chi connectivity index (χ1n) is 12.3. The second kappa shape index (κ2) is 8.71. The zero-order valence-corrected chi connectivity index (χ0v) is 19.9. The molecule has 2 saturated heterocycles. The third-order valence-electron chi connectivity index (χ3n) is 8.26. The molecule has 3 atom stereocenters. The molecular formula is C26H32N2O6. The van der Waals surface area contributed by atoms with Crippen molar-refractivity contribution in [2.45, 2.75) is 76.4 Å². The monoisotopic (exact) mass is 468 g/mol. The molecule has 182 valence electrons. The number of hydrogen-bond acceptors (Lipinski definition) is 6. The van der Waals surface area contributed by atoms with E-state index in [1.165, 1.54) is 6.92 Å². The van der Waals surface area contributed by atoms with E-state index in [4.69, 9.17) is 9.47 Å². The Bertz CT molecular complexity index is 1030. The summed E-state index contributed by atoms with van der Waals surface area (Å²) in [5.41, 5.74) is 1.18. The van der Waals surface area contributed by atoms with Crippen molar-refractivity contribution in [3.63, 3.8) is 0 Å². The van der Waals surface area contributed by atoms with Crippen molar-refractivity contribution in [2.75, 3.05) is 20.3 Å². The van der Waals surface area contributed by atoms with Gasteiger partial charge in [0.2, 0.25) is 11.7 Å². The average Bonchev–Trinajstić information content (AvgIpc) is 3.34. The van der Waals surface area contributed by atoms with Crippen LogP contribution >= 0.6 is 0 Å². The summed E-state index contributed by atoms with van der Waals surface area (Å²) >= 11 is 0. The van der Waals surface area contributed by atoms with Gasteiger partial charge in [-0.15, -0.1) is 0 Å². The quantitative estimate of drug-likeness (QED) is 0.487. The fraction of sp³-hybridized carbons (Fsp3) is 0.615. The van der Waals surface area contributed by atoms with Crippen molar-refractivity contribution < 1.29 is 28.7 Å². The van der Waals surface area contributed by atoms with E-state index in [9.17, 15) is 19.2 Å². The molecule has 2 bridgehead atoms. The molecule has 8 heteroatoms. The van der Waals surface area contributed by atoms with E-state index in [1.807, 2.05) is 23.1 Å². The Labute approximate surface area is 199 Å². The lowest BCUT2D eigenvalue weighted by Crippen LogP contribution is -2.68. The Morgan fingerprint density at radius 1 is 1.12 bits per heavy atom. The van der Waals surface area contributed by atoms with Gasteiger partial charge in [-0.25, -0.2) is 0 Å². The maximum absolute atomic E-state index is 13.8. The van der Waals surface area contributed by atoms with Crippen LogP contribution in [0.15, 0.2) is 18.2 Å². The van der Waals surface area contributed by atoms with E-state index in [-0.39, 0.29) is 24.6 Å². The molecule has 3 heterocycles. The molecule has 0 spiro atoms. The van der Waals surface area contributed by atoms with Gasteiger partial charge in [0.15, 0.2) is 0 Å². The van der Waals surface area contributed by atoms with Gasteiger partial charge in [0, 0.05) is 13.5 Å². The number of ketones is 1. The molecule has 0 N–H and O–H groups in total. The summed E-state index contributed by atoms with van der Waals surface area (Å²) in [5.74, 6) is -0.917. The van der Waals surface area contributed by atoms with E-state index in [0.29, 0.717) is 31.6 Å². The van der Waals surface area contributed by atoms with Gasteiger partial charge in [0.05, 0.1) is 24.6 Å². The molecule has 5 rings (SSSR count). The zero-order valence-electron chi connectivity index (χ0n) is 19.9. The standard InChI is InChI=1S/C26H32N2O6/c1-16(29)34-15-26(11-3-4-12-26)23(30)25(32)28-20-6-5-7-21(28)24(31)27-13-10-17-8-9-18(33-2)14-19(17)22(20)27/h8-9,14,20-22H,3-7,10-13,15H2,1-2H3. The third-order valence-corrected chi connectivity index (χ3v) is 8.26. The summed E-state index contributed by atoms with van der Waals surface area (Å²) in [6, 6.07) is 4.78. The second-order valence-electron chi connectivity index (χ2n) is 10.1. The van der Waals surface area contributed by atoms with Gasteiger partial charge in [-0.05, 0) is 61.8 Å². The average molecular weight is 469 g/mol. The van der Waals surface area contributed by atoms with Crippen LogP contribution in [0.3, 0.4) is 0 Å². The predicted molar refractivity (Wildman–Crippen MR) is 122 cm³/mol. The first kappa shape index (κ1) is 22.9. The minimum absolute atomic E-state index is 0.0698. The molecule has 1 aromatic rings. The number of methoxy groups -OCH3 is 1. The summed E-state index contributed by atoms with van der Waals surface area (Å²) in [6.07, 6.45) is 5.58. The van der Waals surface area contributed by atoms with E-state index in [2.05, 4.69) is 0 Å². The molecule has 1 aliphatic carbocycles. The molecule has 3 fully saturated rings. The number of fused-ring (bicyclic) bond motifs is 6. The number of hydrogen-bond donors (Lipinski definition) is 0. The van der Waals surface area contributed by atoms with Gasteiger partial charge < -0.3 is 19.3 Å². The highest BCUT2D eigenvalue weighted by Crippen LogP contribution is 2.46. The number of carbonyl (C=O) groups is 4. The van der Waals surface area contributed by atoms with E-state index in [1.54, 1.807) is 12.0 Å². The van der Waals surface area contributed by atoms with Crippen molar-refractivity contribution in [3.8, 4) is 5.75 Å². The molecule has 8 nitrogen and oxygen atoms in total. The summed E-state index contributed by atoms with van der Waals surface area (Å²) in [7, 11) is 1.61. The number of nitrogens with zero attached hydrogens (tertiary/aromatic N) is 2. The molecule has 4 aliphatic rings. The van der Waals surface area contributed by atoms with Crippen LogP contribution in [-0.2, 0) is 30.3 Å². The van der Waals surface area contributed by atoms with Crippen molar-refractivity contribution >= 4 is 23.6 Å². The van der Waals surface area contributed by atoms with Crippen molar-refractivity contribution in [1.82, 2.24) is 9.80 Å². The Hall–Kier alpha value is -2.90. The molecule has 34 heavy (non-hydrogen) atoms. The number of carbonyl (C=O) groups excluding carboxylic acids is 4. The molecule has 3 aliphatic heterocycles. The van der Waals surface area contributed by atoms with Crippen LogP contribution in [0.2, 0.25) is 0 Å². The molecular weight excluding hydrogens is 436 g/mol. The van der Waals surface area contributed by atoms with Gasteiger partial charge in [-0.2, -0.15) is 0 Å². The first-order valence-corrected chi connectivity index (χ1v) is 12.3. The van der Waals surface area contributed by atoms with Gasteiger partial charge in [-0.1, -0.05) is 18.9 Å². The second-order valence-corrected chi connectivity index (χ2v) is 10.1. The van der Waals surface area contributed by atoms with E-state index in [0.717, 1.165) is 43.2 Å². The molecule has 0 aromatic heterocycles. The number of benzene rings is 1. The maximum atomic E-state index is 13.8. The largest absolute Gasteiger partial charge is 0.497 e. The third kappa shape index (κ3) is 3.58. The van der Waals surface area contributed by atoms with Crippen molar-refractivity contribution in [1.29, 1.82) is 0 Å². The van der Waals surface area contributed by atoms with Crippen LogP contribution < -0.4 is 4.74 Å². The van der Waals surface area contributed by atoms with Crippen LogP contribution in [0.25, 0.3) is 0 Å². The molecule has 1 aromatic carbocycles.